The summed E-state index contributed by atoms with van der Waals surface area (Å²) >= 11 is 3.78. The van der Waals surface area contributed by atoms with Gasteiger partial charge in [-0.15, -0.1) is 0 Å². The summed E-state index contributed by atoms with van der Waals surface area (Å²) in [4.78, 5) is 0. The van der Waals surface area contributed by atoms with Gasteiger partial charge in [0, 0.05) is 17.6 Å². The number of alkyl halides is 1. The summed E-state index contributed by atoms with van der Waals surface area (Å²) in [5.74, 6) is 2.09. The largest absolute Gasteiger partial charge is 0.270 e. The molecule has 0 aliphatic heterocycles. The summed E-state index contributed by atoms with van der Waals surface area (Å²) in [5.41, 5.74) is 3.22. The van der Waals surface area contributed by atoms with Crippen molar-refractivity contribution in [2.75, 3.05) is 5.33 Å². The van der Waals surface area contributed by atoms with Gasteiger partial charge in [-0.2, -0.15) is 5.10 Å². The van der Waals surface area contributed by atoms with Gasteiger partial charge in [-0.1, -0.05) is 22.9 Å². The summed E-state index contributed by atoms with van der Waals surface area (Å²) in [6, 6.07) is 2.33. The third-order valence-corrected chi connectivity index (χ3v) is 6.06. The van der Waals surface area contributed by atoms with E-state index in [0.717, 1.165) is 30.1 Å². The van der Waals surface area contributed by atoms with E-state index in [4.69, 9.17) is 0 Å². The van der Waals surface area contributed by atoms with Gasteiger partial charge in [-0.05, 0) is 62.3 Å². The summed E-state index contributed by atoms with van der Waals surface area (Å²) in [5, 5.41) is 5.84. The molecule has 2 nitrogen and oxygen atoms in total. The molecule has 18 heavy (non-hydrogen) atoms. The molecule has 3 heteroatoms. The van der Waals surface area contributed by atoms with Crippen molar-refractivity contribution in [3.05, 3.63) is 17.5 Å². The van der Waals surface area contributed by atoms with E-state index in [0.29, 0.717) is 5.41 Å². The van der Waals surface area contributed by atoms with Crippen LogP contribution in [-0.4, -0.2) is 15.1 Å². The average molecular weight is 311 g/mol. The van der Waals surface area contributed by atoms with Crippen LogP contribution in [-0.2, 0) is 19.4 Å². The van der Waals surface area contributed by atoms with E-state index in [1.54, 1.807) is 0 Å². The number of aromatic nitrogens is 2. The lowest BCUT2D eigenvalue weighted by atomic mass is 9.80. The van der Waals surface area contributed by atoms with Gasteiger partial charge in [0.05, 0.1) is 5.69 Å². The third kappa shape index (κ3) is 2.15. The fourth-order valence-corrected chi connectivity index (χ4v) is 4.45. The molecule has 0 aromatic carbocycles. The maximum Gasteiger partial charge on any atom is 0.0624 e. The monoisotopic (exact) mass is 310 g/mol. The Kier molecular flexibility index (Phi) is 3.29. The SMILES string of the molecule is CCc1cc(CC2(CBr)CC3CC3C2)n(CC)n1. The molecule has 1 heterocycles. The third-order valence-electron chi connectivity index (χ3n) is 4.87. The van der Waals surface area contributed by atoms with Gasteiger partial charge in [0.25, 0.3) is 0 Å². The predicted molar refractivity (Wildman–Crippen MR) is 78.0 cm³/mol. The van der Waals surface area contributed by atoms with E-state index in [9.17, 15) is 0 Å². The van der Waals surface area contributed by atoms with Crippen LogP contribution in [0.5, 0.6) is 0 Å². The standard InChI is InChI=1S/C15H23BrN2/c1-3-13-6-14(18(4-2)17-13)9-15(10-16)7-11-5-12(11)8-15/h6,11-12H,3-5,7-10H2,1-2H3. The van der Waals surface area contributed by atoms with E-state index in [1.807, 2.05) is 0 Å². The van der Waals surface area contributed by atoms with Crippen LogP contribution in [0.3, 0.4) is 0 Å². The molecule has 1 aromatic heterocycles. The highest BCUT2D eigenvalue weighted by atomic mass is 79.9. The lowest BCUT2D eigenvalue weighted by Crippen LogP contribution is -2.25. The Morgan fingerprint density at radius 2 is 2.11 bits per heavy atom. The van der Waals surface area contributed by atoms with E-state index < -0.39 is 0 Å². The Labute approximate surface area is 118 Å². The van der Waals surface area contributed by atoms with Crippen molar-refractivity contribution in [2.24, 2.45) is 17.3 Å². The number of nitrogens with zero attached hydrogens (tertiary/aromatic N) is 2. The fraction of sp³-hybridized carbons (Fsp3) is 0.800. The maximum absolute atomic E-state index is 4.69. The first-order chi connectivity index (χ1) is 8.69. The molecule has 1 aromatic rings. The number of halogens is 1. The van der Waals surface area contributed by atoms with Crippen LogP contribution >= 0.6 is 15.9 Å². The molecule has 0 amide bonds. The van der Waals surface area contributed by atoms with Crippen molar-refractivity contribution in [2.45, 2.75) is 52.5 Å². The Hall–Kier alpha value is -0.310. The molecular weight excluding hydrogens is 288 g/mol. The second-order valence-electron chi connectivity index (χ2n) is 6.27. The van der Waals surface area contributed by atoms with E-state index >= 15 is 0 Å². The molecule has 3 rings (SSSR count). The highest BCUT2D eigenvalue weighted by Crippen LogP contribution is 2.61. The lowest BCUT2D eigenvalue weighted by molar-refractivity contribution is 0.299. The second kappa shape index (κ2) is 4.66. The van der Waals surface area contributed by atoms with Crippen LogP contribution in [0.25, 0.3) is 0 Å². The summed E-state index contributed by atoms with van der Waals surface area (Å²) in [6.07, 6.45) is 6.62. The number of aryl methyl sites for hydroxylation is 2. The number of rotatable bonds is 5. The maximum atomic E-state index is 4.69. The molecular formula is C15H23BrN2. The van der Waals surface area contributed by atoms with Crippen LogP contribution in [0.15, 0.2) is 6.07 Å². The highest BCUT2D eigenvalue weighted by molar-refractivity contribution is 9.09. The summed E-state index contributed by atoms with van der Waals surface area (Å²) in [7, 11) is 0. The van der Waals surface area contributed by atoms with Crippen molar-refractivity contribution in [1.29, 1.82) is 0 Å². The van der Waals surface area contributed by atoms with Gasteiger partial charge < -0.3 is 0 Å². The molecule has 2 unspecified atom stereocenters. The minimum Gasteiger partial charge on any atom is -0.270 e. The Balaban J connectivity index is 1.80. The van der Waals surface area contributed by atoms with E-state index in [1.165, 1.54) is 37.1 Å². The predicted octanol–water partition coefficient (Wildman–Crippen LogP) is 3.82. The molecule has 2 aliphatic carbocycles. The second-order valence-corrected chi connectivity index (χ2v) is 6.83. The Morgan fingerprint density at radius 3 is 2.67 bits per heavy atom. The zero-order chi connectivity index (χ0) is 12.8. The van der Waals surface area contributed by atoms with Crippen molar-refractivity contribution in [3.8, 4) is 0 Å². The van der Waals surface area contributed by atoms with Crippen LogP contribution < -0.4 is 0 Å². The summed E-state index contributed by atoms with van der Waals surface area (Å²) < 4.78 is 2.22. The van der Waals surface area contributed by atoms with E-state index in [2.05, 4.69) is 45.6 Å². The molecule has 0 radical (unpaired) electrons. The van der Waals surface area contributed by atoms with Gasteiger partial charge in [-0.25, -0.2) is 0 Å². The van der Waals surface area contributed by atoms with Crippen molar-refractivity contribution < 1.29 is 0 Å². The van der Waals surface area contributed by atoms with Gasteiger partial charge in [0.2, 0.25) is 0 Å². The van der Waals surface area contributed by atoms with Crippen LogP contribution in [0.2, 0.25) is 0 Å². The van der Waals surface area contributed by atoms with Crippen LogP contribution in [0, 0.1) is 17.3 Å². The molecule has 0 saturated heterocycles. The Morgan fingerprint density at radius 1 is 1.39 bits per heavy atom. The minimum absolute atomic E-state index is 0.519. The van der Waals surface area contributed by atoms with Gasteiger partial charge >= 0.3 is 0 Å². The molecule has 100 valence electrons. The first kappa shape index (κ1) is 12.7. The molecule has 2 saturated carbocycles. The van der Waals surface area contributed by atoms with E-state index in [-0.39, 0.29) is 0 Å². The van der Waals surface area contributed by atoms with Gasteiger partial charge in [0.15, 0.2) is 0 Å². The zero-order valence-corrected chi connectivity index (χ0v) is 13.0. The molecule has 0 N–H and O–H groups in total. The van der Waals surface area contributed by atoms with Gasteiger partial charge in [0.1, 0.15) is 0 Å². The van der Waals surface area contributed by atoms with Crippen molar-refractivity contribution in [3.63, 3.8) is 0 Å². The molecule has 2 aliphatic rings. The molecule has 2 atom stereocenters. The highest BCUT2D eigenvalue weighted by Gasteiger charge is 2.53. The first-order valence-corrected chi connectivity index (χ1v) is 8.43. The quantitative estimate of drug-likeness (QED) is 0.756. The minimum atomic E-state index is 0.519. The molecule has 2 fully saturated rings. The van der Waals surface area contributed by atoms with Crippen LogP contribution in [0.4, 0.5) is 0 Å². The van der Waals surface area contributed by atoms with Crippen LogP contribution in [0.1, 0.15) is 44.5 Å². The first-order valence-electron chi connectivity index (χ1n) is 7.31. The average Bonchev–Trinajstić information content (AvgIpc) is 2.86. The fourth-order valence-electron chi connectivity index (χ4n) is 3.79. The molecule has 0 spiro atoms. The Bertz CT molecular complexity index is 428. The normalized spacial score (nSPS) is 33.7. The number of fused-ring (bicyclic) bond motifs is 1. The van der Waals surface area contributed by atoms with Gasteiger partial charge in [-0.3, -0.25) is 4.68 Å². The van der Waals surface area contributed by atoms with Crippen molar-refractivity contribution in [1.82, 2.24) is 9.78 Å². The number of hydrogen-bond acceptors (Lipinski definition) is 1. The van der Waals surface area contributed by atoms with Crippen molar-refractivity contribution >= 4 is 15.9 Å². The lowest BCUT2D eigenvalue weighted by Gasteiger charge is -2.28. The zero-order valence-electron chi connectivity index (χ0n) is 11.5. The molecule has 0 bridgehead atoms. The smallest absolute Gasteiger partial charge is 0.0624 e. The number of hydrogen-bond donors (Lipinski definition) is 0. The summed E-state index contributed by atoms with van der Waals surface area (Å²) in [6.45, 7) is 5.39. The topological polar surface area (TPSA) is 17.8 Å².